The van der Waals surface area contributed by atoms with Gasteiger partial charge in [-0.1, -0.05) is 24.3 Å². The second-order valence-corrected chi connectivity index (χ2v) is 4.79. The third kappa shape index (κ3) is 2.53. The second-order valence-electron chi connectivity index (χ2n) is 4.79. The number of benzene rings is 2. The van der Waals surface area contributed by atoms with Crippen LogP contribution in [0.1, 0.15) is 32.6 Å². The first-order chi connectivity index (χ1) is 9.04. The molecule has 0 atom stereocenters. The van der Waals surface area contributed by atoms with Crippen molar-refractivity contribution in [1.82, 2.24) is 0 Å². The minimum Gasteiger partial charge on any atom is -0.496 e. The Bertz CT molecular complexity index is 604. The highest BCUT2D eigenvalue weighted by Gasteiger charge is 2.14. The lowest BCUT2D eigenvalue weighted by Crippen LogP contribution is -2.05. The van der Waals surface area contributed by atoms with Crippen molar-refractivity contribution in [2.75, 3.05) is 7.11 Å². The number of carbonyl (C=O) groups excluding carboxylic acids is 1. The van der Waals surface area contributed by atoms with Gasteiger partial charge >= 0.3 is 0 Å². The van der Waals surface area contributed by atoms with Crippen LogP contribution < -0.4 is 4.74 Å². The average Bonchev–Trinajstić information content (AvgIpc) is 2.38. The molecule has 2 rings (SSSR count). The molecule has 2 nitrogen and oxygen atoms in total. The molecule has 0 bridgehead atoms. The lowest BCUT2D eigenvalue weighted by molar-refractivity contribution is 0.103. The van der Waals surface area contributed by atoms with Gasteiger partial charge in [0.25, 0.3) is 0 Å². The van der Waals surface area contributed by atoms with Crippen LogP contribution in [0.25, 0.3) is 0 Å². The lowest BCUT2D eigenvalue weighted by Gasteiger charge is -2.11. The van der Waals surface area contributed by atoms with Crippen LogP contribution in [0.15, 0.2) is 36.4 Å². The van der Waals surface area contributed by atoms with Gasteiger partial charge in [0.05, 0.1) is 7.11 Å². The van der Waals surface area contributed by atoms with Crippen molar-refractivity contribution < 1.29 is 9.53 Å². The van der Waals surface area contributed by atoms with E-state index in [1.807, 2.05) is 57.2 Å². The van der Waals surface area contributed by atoms with Crippen LogP contribution in [0, 0.1) is 20.8 Å². The van der Waals surface area contributed by atoms with E-state index in [0.717, 1.165) is 28.0 Å². The Hall–Kier alpha value is -2.09. The van der Waals surface area contributed by atoms with E-state index in [1.165, 1.54) is 0 Å². The van der Waals surface area contributed by atoms with Crippen LogP contribution in [0.3, 0.4) is 0 Å². The molecule has 2 heteroatoms. The summed E-state index contributed by atoms with van der Waals surface area (Å²) in [5.74, 6) is 0.910. The number of methoxy groups -OCH3 is 1. The molecule has 0 aliphatic rings. The van der Waals surface area contributed by atoms with Gasteiger partial charge in [-0.25, -0.2) is 0 Å². The number of hydrogen-bond donors (Lipinski definition) is 0. The Morgan fingerprint density at radius 1 is 0.947 bits per heavy atom. The first-order valence-electron chi connectivity index (χ1n) is 6.30. The lowest BCUT2D eigenvalue weighted by atomic mass is 9.96. The van der Waals surface area contributed by atoms with Gasteiger partial charge in [-0.2, -0.15) is 0 Å². The fourth-order valence-electron chi connectivity index (χ4n) is 2.39. The summed E-state index contributed by atoms with van der Waals surface area (Å²) in [5, 5.41) is 0. The zero-order valence-electron chi connectivity index (χ0n) is 11.8. The molecule has 0 spiro atoms. The summed E-state index contributed by atoms with van der Waals surface area (Å²) < 4.78 is 5.33. The van der Waals surface area contributed by atoms with Crippen molar-refractivity contribution in [2.45, 2.75) is 20.8 Å². The number of hydrogen-bond acceptors (Lipinski definition) is 2. The molecular formula is C17H18O2. The average molecular weight is 254 g/mol. The Labute approximate surface area is 114 Å². The SMILES string of the molecule is COc1c(C)cc(C(=O)c2ccccc2C)cc1C. The van der Waals surface area contributed by atoms with Gasteiger partial charge in [-0.15, -0.1) is 0 Å². The predicted octanol–water partition coefficient (Wildman–Crippen LogP) is 3.85. The van der Waals surface area contributed by atoms with Crippen LogP contribution in [0.2, 0.25) is 0 Å². The number of rotatable bonds is 3. The third-order valence-electron chi connectivity index (χ3n) is 3.32. The molecule has 0 aromatic heterocycles. The number of carbonyl (C=O) groups is 1. The van der Waals surface area contributed by atoms with E-state index in [9.17, 15) is 4.79 Å². The van der Waals surface area contributed by atoms with Gasteiger partial charge in [0.2, 0.25) is 0 Å². The summed E-state index contributed by atoms with van der Waals surface area (Å²) in [6.45, 7) is 5.87. The fraction of sp³-hybridized carbons (Fsp3) is 0.235. The van der Waals surface area contributed by atoms with Crippen molar-refractivity contribution in [1.29, 1.82) is 0 Å². The highest BCUT2D eigenvalue weighted by molar-refractivity contribution is 6.10. The number of aryl methyl sites for hydroxylation is 3. The quantitative estimate of drug-likeness (QED) is 0.778. The first-order valence-corrected chi connectivity index (χ1v) is 6.30. The second kappa shape index (κ2) is 5.27. The third-order valence-corrected chi connectivity index (χ3v) is 3.32. The van der Waals surface area contributed by atoms with E-state index in [2.05, 4.69) is 0 Å². The zero-order valence-corrected chi connectivity index (χ0v) is 11.8. The van der Waals surface area contributed by atoms with Crippen LogP contribution in [0.4, 0.5) is 0 Å². The van der Waals surface area contributed by atoms with Crippen LogP contribution >= 0.6 is 0 Å². The molecule has 0 saturated heterocycles. The first kappa shape index (κ1) is 13.3. The molecule has 2 aromatic rings. The van der Waals surface area contributed by atoms with E-state index < -0.39 is 0 Å². The minimum absolute atomic E-state index is 0.0620. The predicted molar refractivity (Wildman–Crippen MR) is 77.1 cm³/mol. The Morgan fingerprint density at radius 2 is 1.53 bits per heavy atom. The summed E-state index contributed by atoms with van der Waals surface area (Å²) >= 11 is 0. The van der Waals surface area contributed by atoms with Crippen LogP contribution in [-0.4, -0.2) is 12.9 Å². The van der Waals surface area contributed by atoms with Crippen LogP contribution in [0.5, 0.6) is 5.75 Å². The van der Waals surface area contributed by atoms with E-state index >= 15 is 0 Å². The Kier molecular flexibility index (Phi) is 3.70. The highest BCUT2D eigenvalue weighted by atomic mass is 16.5. The molecule has 0 aliphatic heterocycles. The molecule has 0 heterocycles. The molecule has 0 fully saturated rings. The highest BCUT2D eigenvalue weighted by Crippen LogP contribution is 2.26. The minimum atomic E-state index is 0.0620. The number of ether oxygens (including phenoxy) is 1. The monoisotopic (exact) mass is 254 g/mol. The van der Waals surface area contributed by atoms with E-state index in [1.54, 1.807) is 7.11 Å². The standard InChI is InChI=1S/C17H18O2/c1-11-7-5-6-8-15(11)16(18)14-9-12(2)17(19-4)13(3)10-14/h5-10H,1-4H3. The molecule has 98 valence electrons. The van der Waals surface area contributed by atoms with Crippen LogP contribution in [-0.2, 0) is 0 Å². The van der Waals surface area contributed by atoms with Gasteiger partial charge in [0.15, 0.2) is 5.78 Å². The van der Waals surface area contributed by atoms with Gasteiger partial charge < -0.3 is 4.74 Å². The largest absolute Gasteiger partial charge is 0.496 e. The zero-order chi connectivity index (χ0) is 14.0. The Morgan fingerprint density at radius 3 is 2.05 bits per heavy atom. The van der Waals surface area contributed by atoms with Crippen molar-refractivity contribution in [3.05, 3.63) is 64.2 Å². The molecule has 0 saturated carbocycles. The summed E-state index contributed by atoms with van der Waals surface area (Å²) in [6, 6.07) is 11.4. The molecule has 19 heavy (non-hydrogen) atoms. The molecule has 0 unspecified atom stereocenters. The van der Waals surface area contributed by atoms with E-state index in [-0.39, 0.29) is 5.78 Å². The molecule has 0 amide bonds. The molecule has 0 N–H and O–H groups in total. The van der Waals surface area contributed by atoms with Crippen molar-refractivity contribution in [3.8, 4) is 5.75 Å². The topological polar surface area (TPSA) is 26.3 Å². The summed E-state index contributed by atoms with van der Waals surface area (Å²) in [7, 11) is 1.65. The molecular weight excluding hydrogens is 236 g/mol. The molecule has 0 radical (unpaired) electrons. The Balaban J connectivity index is 2.49. The maximum absolute atomic E-state index is 12.5. The van der Waals surface area contributed by atoms with Crippen molar-refractivity contribution in [3.63, 3.8) is 0 Å². The molecule has 0 aliphatic carbocycles. The fourth-order valence-corrected chi connectivity index (χ4v) is 2.39. The van der Waals surface area contributed by atoms with Gasteiger partial charge in [0.1, 0.15) is 5.75 Å². The smallest absolute Gasteiger partial charge is 0.193 e. The number of ketones is 1. The van der Waals surface area contributed by atoms with Crippen molar-refractivity contribution in [2.24, 2.45) is 0 Å². The van der Waals surface area contributed by atoms with Gasteiger partial charge in [-0.3, -0.25) is 4.79 Å². The van der Waals surface area contributed by atoms with Gasteiger partial charge in [0, 0.05) is 11.1 Å². The van der Waals surface area contributed by atoms with E-state index in [0.29, 0.717) is 5.56 Å². The normalized spacial score (nSPS) is 10.3. The summed E-state index contributed by atoms with van der Waals surface area (Å²) in [5.41, 5.74) is 4.44. The molecule has 2 aromatic carbocycles. The maximum atomic E-state index is 12.5. The van der Waals surface area contributed by atoms with E-state index in [4.69, 9.17) is 4.74 Å². The summed E-state index contributed by atoms with van der Waals surface area (Å²) in [4.78, 5) is 12.5. The summed E-state index contributed by atoms with van der Waals surface area (Å²) in [6.07, 6.45) is 0. The van der Waals surface area contributed by atoms with Crippen molar-refractivity contribution >= 4 is 5.78 Å². The maximum Gasteiger partial charge on any atom is 0.193 e. The van der Waals surface area contributed by atoms with Gasteiger partial charge in [-0.05, 0) is 49.6 Å².